The predicted molar refractivity (Wildman–Crippen MR) is 95.4 cm³/mol. The summed E-state index contributed by atoms with van der Waals surface area (Å²) >= 11 is 0. The molecule has 0 unspecified atom stereocenters. The van der Waals surface area contributed by atoms with Gasteiger partial charge in [0.1, 0.15) is 11.4 Å². The second kappa shape index (κ2) is 6.52. The van der Waals surface area contributed by atoms with Crippen LogP contribution in [0.1, 0.15) is 29.5 Å². The quantitative estimate of drug-likeness (QED) is 0.859. The van der Waals surface area contributed by atoms with Crippen molar-refractivity contribution < 1.29 is 14.3 Å². The number of likely N-dealkylation sites (tertiary alicyclic amines) is 1. The van der Waals surface area contributed by atoms with E-state index >= 15 is 0 Å². The maximum atomic E-state index is 12.7. The fourth-order valence-corrected chi connectivity index (χ4v) is 4.03. The summed E-state index contributed by atoms with van der Waals surface area (Å²) in [5.41, 5.74) is 3.30. The molecule has 0 bridgehead atoms. The first kappa shape index (κ1) is 16.2. The number of hydrogen-bond acceptors (Lipinski definition) is 3. The molecule has 0 saturated carbocycles. The molecule has 130 valence electrons. The minimum absolute atomic E-state index is 0.191. The van der Waals surface area contributed by atoms with Crippen LogP contribution in [0.2, 0.25) is 0 Å². The van der Waals surface area contributed by atoms with Gasteiger partial charge in [-0.3, -0.25) is 4.79 Å². The number of amides is 1. The number of para-hydroxylation sites is 1. The number of ether oxygens (including phenoxy) is 2. The lowest BCUT2D eigenvalue weighted by molar-refractivity contribution is -0.131. The molecule has 1 spiro atoms. The number of aryl methyl sites for hydroxylation is 1. The van der Waals surface area contributed by atoms with Crippen molar-refractivity contribution in [2.75, 3.05) is 20.2 Å². The Kier molecular flexibility index (Phi) is 4.22. The lowest BCUT2D eigenvalue weighted by atomic mass is 9.92. The van der Waals surface area contributed by atoms with E-state index in [4.69, 9.17) is 9.47 Å². The van der Waals surface area contributed by atoms with E-state index in [1.165, 1.54) is 11.1 Å². The molecule has 4 nitrogen and oxygen atoms in total. The van der Waals surface area contributed by atoms with Crippen molar-refractivity contribution in [3.8, 4) is 5.75 Å². The second-order valence-electron chi connectivity index (χ2n) is 6.82. The number of carbonyl (C=O) groups is 1. The minimum atomic E-state index is -0.295. The van der Waals surface area contributed by atoms with Gasteiger partial charge in [-0.1, -0.05) is 42.5 Å². The van der Waals surface area contributed by atoms with Crippen LogP contribution >= 0.6 is 0 Å². The van der Waals surface area contributed by atoms with Gasteiger partial charge in [-0.05, 0) is 35.6 Å². The van der Waals surface area contributed by atoms with Crippen molar-refractivity contribution in [3.05, 3.63) is 65.2 Å². The zero-order chi connectivity index (χ0) is 17.3. The zero-order valence-electron chi connectivity index (χ0n) is 14.5. The number of hydrogen-bond donors (Lipinski definition) is 0. The van der Waals surface area contributed by atoms with Crippen LogP contribution in [0.15, 0.2) is 48.5 Å². The second-order valence-corrected chi connectivity index (χ2v) is 6.82. The Morgan fingerprint density at radius 2 is 2.00 bits per heavy atom. The molecule has 2 aromatic rings. The highest BCUT2D eigenvalue weighted by molar-refractivity contribution is 5.77. The number of carbonyl (C=O) groups excluding carboxylic acids is 1. The van der Waals surface area contributed by atoms with Crippen LogP contribution in [0.25, 0.3) is 0 Å². The van der Waals surface area contributed by atoms with Gasteiger partial charge in [0.05, 0.1) is 20.3 Å². The monoisotopic (exact) mass is 337 g/mol. The highest BCUT2D eigenvalue weighted by Crippen LogP contribution is 2.43. The lowest BCUT2D eigenvalue weighted by Crippen LogP contribution is -2.34. The molecule has 0 radical (unpaired) electrons. The average molecular weight is 337 g/mol. The molecular formula is C21H23NO3. The summed E-state index contributed by atoms with van der Waals surface area (Å²) in [4.78, 5) is 14.7. The average Bonchev–Trinajstić information content (AvgIpc) is 3.26. The van der Waals surface area contributed by atoms with E-state index < -0.39 is 0 Å². The van der Waals surface area contributed by atoms with Crippen molar-refractivity contribution >= 4 is 5.91 Å². The fraction of sp³-hybridized carbons (Fsp3) is 0.381. The van der Waals surface area contributed by atoms with Crippen molar-refractivity contribution in [1.29, 1.82) is 0 Å². The predicted octanol–water partition coefficient (Wildman–Crippen LogP) is 3.29. The molecule has 1 amide bonds. The van der Waals surface area contributed by atoms with Crippen LogP contribution < -0.4 is 4.74 Å². The van der Waals surface area contributed by atoms with Crippen LogP contribution in [0.5, 0.6) is 5.75 Å². The summed E-state index contributed by atoms with van der Waals surface area (Å²) in [5, 5.41) is 0. The van der Waals surface area contributed by atoms with E-state index in [-0.39, 0.29) is 11.5 Å². The van der Waals surface area contributed by atoms with Crippen molar-refractivity contribution in [2.45, 2.75) is 31.5 Å². The van der Waals surface area contributed by atoms with E-state index in [9.17, 15) is 4.79 Å². The van der Waals surface area contributed by atoms with E-state index in [2.05, 4.69) is 18.2 Å². The Balaban J connectivity index is 1.42. The number of benzene rings is 2. The highest BCUT2D eigenvalue weighted by Gasteiger charge is 2.46. The van der Waals surface area contributed by atoms with Crippen molar-refractivity contribution in [1.82, 2.24) is 4.90 Å². The first-order valence-electron chi connectivity index (χ1n) is 8.84. The Labute approximate surface area is 148 Å². The van der Waals surface area contributed by atoms with Gasteiger partial charge in [-0.2, -0.15) is 0 Å². The molecular weight excluding hydrogens is 314 g/mol. The summed E-state index contributed by atoms with van der Waals surface area (Å²) < 4.78 is 11.5. The molecule has 1 fully saturated rings. The van der Waals surface area contributed by atoms with Gasteiger partial charge in [0.2, 0.25) is 5.91 Å². The fourth-order valence-electron chi connectivity index (χ4n) is 4.03. The van der Waals surface area contributed by atoms with E-state index in [1.54, 1.807) is 7.11 Å². The van der Waals surface area contributed by atoms with Gasteiger partial charge in [-0.25, -0.2) is 0 Å². The molecule has 1 atom stereocenters. The maximum Gasteiger partial charge on any atom is 0.223 e. The zero-order valence-corrected chi connectivity index (χ0v) is 14.5. The summed E-state index contributed by atoms with van der Waals surface area (Å²) in [6.45, 7) is 2.08. The van der Waals surface area contributed by atoms with Gasteiger partial charge in [0.25, 0.3) is 0 Å². The number of rotatable bonds is 4. The van der Waals surface area contributed by atoms with Crippen LogP contribution in [-0.2, 0) is 28.2 Å². The van der Waals surface area contributed by atoms with Crippen molar-refractivity contribution in [2.24, 2.45) is 0 Å². The minimum Gasteiger partial charge on any atom is -0.496 e. The van der Waals surface area contributed by atoms with Crippen LogP contribution in [0, 0.1) is 0 Å². The van der Waals surface area contributed by atoms with Crippen LogP contribution in [0.3, 0.4) is 0 Å². The molecule has 4 heteroatoms. The topological polar surface area (TPSA) is 38.8 Å². The maximum absolute atomic E-state index is 12.7. The molecule has 2 aromatic carbocycles. The van der Waals surface area contributed by atoms with Crippen LogP contribution in [0.4, 0.5) is 0 Å². The molecule has 2 aliphatic heterocycles. The van der Waals surface area contributed by atoms with Gasteiger partial charge < -0.3 is 14.4 Å². The SMILES string of the molecule is COc1ccccc1CCC(=O)N1CC[C@@]2(C1)OCc1ccccc12. The third-order valence-electron chi connectivity index (χ3n) is 5.40. The molecule has 0 aliphatic carbocycles. The summed E-state index contributed by atoms with van der Waals surface area (Å²) in [5.74, 6) is 1.04. The third kappa shape index (κ3) is 2.91. The first-order chi connectivity index (χ1) is 12.2. The Morgan fingerprint density at radius 3 is 2.88 bits per heavy atom. The van der Waals surface area contributed by atoms with E-state index in [1.807, 2.05) is 35.2 Å². The number of fused-ring (bicyclic) bond motifs is 2. The normalized spacial score (nSPS) is 21.6. The molecule has 0 N–H and O–H groups in total. The molecule has 2 aliphatic rings. The highest BCUT2D eigenvalue weighted by atomic mass is 16.5. The lowest BCUT2D eigenvalue weighted by Gasteiger charge is -2.25. The van der Waals surface area contributed by atoms with Gasteiger partial charge in [-0.15, -0.1) is 0 Å². The molecule has 4 rings (SSSR count). The summed E-state index contributed by atoms with van der Waals surface area (Å²) in [6.07, 6.45) is 2.08. The van der Waals surface area contributed by atoms with Crippen LogP contribution in [-0.4, -0.2) is 31.0 Å². The van der Waals surface area contributed by atoms with E-state index in [0.29, 0.717) is 26.0 Å². The number of nitrogens with zero attached hydrogens (tertiary/aromatic N) is 1. The molecule has 2 heterocycles. The molecule has 25 heavy (non-hydrogen) atoms. The Morgan fingerprint density at radius 1 is 1.20 bits per heavy atom. The van der Waals surface area contributed by atoms with Crippen molar-refractivity contribution in [3.63, 3.8) is 0 Å². The molecule has 1 saturated heterocycles. The third-order valence-corrected chi connectivity index (χ3v) is 5.40. The number of methoxy groups -OCH3 is 1. The Bertz CT molecular complexity index is 788. The first-order valence-corrected chi connectivity index (χ1v) is 8.84. The summed E-state index contributed by atoms with van der Waals surface area (Å²) in [7, 11) is 1.67. The van der Waals surface area contributed by atoms with Gasteiger partial charge in [0.15, 0.2) is 0 Å². The Hall–Kier alpha value is -2.33. The van der Waals surface area contributed by atoms with Gasteiger partial charge >= 0.3 is 0 Å². The molecule has 0 aromatic heterocycles. The largest absolute Gasteiger partial charge is 0.496 e. The van der Waals surface area contributed by atoms with Gasteiger partial charge in [0, 0.05) is 13.0 Å². The standard InChI is InChI=1S/C21H23NO3/c1-24-19-9-5-3-6-16(19)10-11-20(23)22-13-12-21(15-22)18-8-4-2-7-17(18)14-25-21/h2-9H,10-15H2,1H3/t21-/m0/s1. The van der Waals surface area contributed by atoms with E-state index in [0.717, 1.165) is 24.3 Å². The summed E-state index contributed by atoms with van der Waals surface area (Å²) in [6, 6.07) is 16.3. The smallest absolute Gasteiger partial charge is 0.223 e.